The van der Waals surface area contributed by atoms with Crippen LogP contribution in [0, 0.1) is 0 Å². The first-order valence-corrected chi connectivity index (χ1v) is 2.13. The van der Waals surface area contributed by atoms with Crippen LogP contribution in [0.5, 0.6) is 0 Å². The second-order valence-corrected chi connectivity index (χ2v) is 0.866. The van der Waals surface area contributed by atoms with E-state index in [2.05, 4.69) is 0 Å². The standard InChI is InChI=1S/CO2Se/c2-1-4-3. The van der Waals surface area contributed by atoms with Crippen LogP contribution in [0.15, 0.2) is 0 Å². The Morgan fingerprint density at radius 3 is 2.00 bits per heavy atom. The zero-order chi connectivity index (χ0) is 3.41. The van der Waals surface area contributed by atoms with Gasteiger partial charge in [0.2, 0.25) is 0 Å². The first-order valence-electron chi connectivity index (χ1n) is 0.575. The SMILES string of the molecule is O=C=[Se]=O. The fourth-order valence-corrected chi connectivity index (χ4v) is 0. The minimum absolute atomic E-state index is 1.14. The summed E-state index contributed by atoms with van der Waals surface area (Å²) in [6, 6.07) is 0. The van der Waals surface area contributed by atoms with Gasteiger partial charge in [-0.1, -0.05) is 0 Å². The van der Waals surface area contributed by atoms with Crippen LogP contribution in [0.25, 0.3) is 0 Å². The van der Waals surface area contributed by atoms with Gasteiger partial charge in [-0.05, 0) is 0 Å². The summed E-state index contributed by atoms with van der Waals surface area (Å²) in [6.45, 7) is 0. The van der Waals surface area contributed by atoms with E-state index in [1.54, 1.807) is 0 Å². The van der Waals surface area contributed by atoms with Crippen LogP contribution in [-0.4, -0.2) is 19.2 Å². The van der Waals surface area contributed by atoms with Crippen LogP contribution in [0.3, 0.4) is 0 Å². The third-order valence-electron chi connectivity index (χ3n) is 0.0340. The van der Waals surface area contributed by atoms with E-state index in [-0.39, 0.29) is 0 Å². The Kier molecular flexibility index (Phi) is 2.83. The predicted octanol–water partition coefficient (Wildman–Crippen LogP) is -0.897. The molecule has 0 saturated heterocycles. The molecular formula is CO2Se. The van der Waals surface area contributed by atoms with Gasteiger partial charge in [-0.25, -0.2) is 0 Å². The molecule has 0 radical (unpaired) electrons. The van der Waals surface area contributed by atoms with Gasteiger partial charge in [-0.3, -0.25) is 0 Å². The molecular weight excluding hydrogens is 123 g/mol. The van der Waals surface area contributed by atoms with Gasteiger partial charge in [0.25, 0.3) is 0 Å². The zero-order valence-corrected chi connectivity index (χ0v) is 3.44. The Hall–Kier alpha value is -0.101. The first kappa shape index (κ1) is 3.90. The molecule has 0 amide bonds. The third kappa shape index (κ3) is 1.90. The number of carbonyl (C=O) groups excluding carboxylic acids is 1. The molecule has 3 heteroatoms. The van der Waals surface area contributed by atoms with Gasteiger partial charge in [0, 0.05) is 0 Å². The van der Waals surface area contributed by atoms with Gasteiger partial charge in [0.05, 0.1) is 0 Å². The molecule has 0 fully saturated rings. The van der Waals surface area contributed by atoms with Crippen LogP contribution < -0.4 is 0 Å². The van der Waals surface area contributed by atoms with Crippen LogP contribution in [-0.2, 0) is 8.63 Å². The second-order valence-electron chi connectivity index (χ2n) is 0.167. The van der Waals surface area contributed by atoms with E-state index in [4.69, 9.17) is 8.63 Å². The molecule has 0 rings (SSSR count). The van der Waals surface area contributed by atoms with Gasteiger partial charge in [0.15, 0.2) is 0 Å². The molecule has 2 nitrogen and oxygen atoms in total. The number of hydrogen-bond donors (Lipinski definition) is 0. The molecule has 0 spiro atoms. The second kappa shape index (κ2) is 2.90. The molecule has 0 N–H and O–H groups in total. The molecule has 0 saturated carbocycles. The molecule has 0 aliphatic rings. The molecule has 0 aromatic heterocycles. The van der Waals surface area contributed by atoms with Crippen LogP contribution in [0.2, 0.25) is 0 Å². The summed E-state index contributed by atoms with van der Waals surface area (Å²) >= 11 is -1.14. The Bertz CT molecular complexity index is 56.1. The topological polar surface area (TPSA) is 34.1 Å². The third-order valence-corrected chi connectivity index (χ3v) is 0.177. The van der Waals surface area contributed by atoms with Gasteiger partial charge >= 0.3 is 27.9 Å². The average molecular weight is 123 g/mol. The molecule has 0 aromatic carbocycles. The van der Waals surface area contributed by atoms with E-state index in [0.717, 1.165) is 0 Å². The molecule has 4 heavy (non-hydrogen) atoms. The first-order chi connectivity index (χ1) is 1.91. The van der Waals surface area contributed by atoms with Gasteiger partial charge in [0.1, 0.15) is 0 Å². The monoisotopic (exact) mass is 124 g/mol. The summed E-state index contributed by atoms with van der Waals surface area (Å²) < 4.78 is 8.94. The van der Waals surface area contributed by atoms with E-state index >= 15 is 0 Å². The summed E-state index contributed by atoms with van der Waals surface area (Å²) in [5.74, 6) is 0. The predicted molar refractivity (Wildman–Crippen MR) is 12.1 cm³/mol. The summed E-state index contributed by atoms with van der Waals surface area (Å²) in [5.41, 5.74) is 0. The molecule has 0 aromatic rings. The Balaban J connectivity index is 3.95. The molecule has 0 unspecified atom stereocenters. The fraction of sp³-hybridized carbons (Fsp3) is 0. The molecule has 22 valence electrons. The number of hydrogen-bond acceptors (Lipinski definition) is 2. The van der Waals surface area contributed by atoms with Crippen LogP contribution >= 0.6 is 0 Å². The number of rotatable bonds is 0. The van der Waals surface area contributed by atoms with Crippen molar-refractivity contribution in [2.45, 2.75) is 0 Å². The molecule has 0 aliphatic carbocycles. The Morgan fingerprint density at radius 1 is 1.75 bits per heavy atom. The van der Waals surface area contributed by atoms with Crippen molar-refractivity contribution in [3.05, 3.63) is 0 Å². The molecule has 0 aliphatic heterocycles. The Morgan fingerprint density at radius 2 is 2.00 bits per heavy atom. The van der Waals surface area contributed by atoms with Crippen molar-refractivity contribution in [2.75, 3.05) is 0 Å². The summed E-state index contributed by atoms with van der Waals surface area (Å²) in [7, 11) is 0. The molecule has 0 heterocycles. The van der Waals surface area contributed by atoms with E-state index in [1.165, 1.54) is 4.79 Å². The van der Waals surface area contributed by atoms with E-state index in [1.807, 2.05) is 0 Å². The maximum absolute atomic E-state index is 8.94. The fourth-order valence-electron chi connectivity index (χ4n) is 0. The molecule has 0 bridgehead atoms. The van der Waals surface area contributed by atoms with Crippen molar-refractivity contribution in [3.8, 4) is 0 Å². The van der Waals surface area contributed by atoms with Gasteiger partial charge < -0.3 is 0 Å². The van der Waals surface area contributed by atoms with Crippen molar-refractivity contribution in [1.29, 1.82) is 0 Å². The normalized spacial score (nSPS) is 4.00. The Labute approximate surface area is 28.7 Å². The quantitative estimate of drug-likeness (QED) is 0.391. The van der Waals surface area contributed by atoms with E-state index in [9.17, 15) is 0 Å². The van der Waals surface area contributed by atoms with Crippen LogP contribution in [0.4, 0.5) is 0 Å². The van der Waals surface area contributed by atoms with E-state index in [0.29, 0.717) is 0 Å². The van der Waals surface area contributed by atoms with Crippen molar-refractivity contribution < 1.29 is 8.63 Å². The summed E-state index contributed by atoms with van der Waals surface area (Å²) in [4.78, 5) is 9.95. The van der Waals surface area contributed by atoms with Crippen molar-refractivity contribution in [3.63, 3.8) is 0 Å². The van der Waals surface area contributed by atoms with E-state index < -0.39 is 14.5 Å². The zero-order valence-electron chi connectivity index (χ0n) is 1.72. The van der Waals surface area contributed by atoms with Gasteiger partial charge in [-0.15, -0.1) is 0 Å². The van der Waals surface area contributed by atoms with Crippen molar-refractivity contribution in [2.24, 2.45) is 0 Å². The maximum atomic E-state index is 8.94. The van der Waals surface area contributed by atoms with Crippen molar-refractivity contribution >= 4 is 19.2 Å². The summed E-state index contributed by atoms with van der Waals surface area (Å²) in [6.07, 6.45) is 0. The van der Waals surface area contributed by atoms with Crippen molar-refractivity contribution in [1.82, 2.24) is 0 Å². The minimum atomic E-state index is -1.14. The molecule has 0 atom stereocenters. The summed E-state index contributed by atoms with van der Waals surface area (Å²) in [5, 5.41) is 0. The average Bonchev–Trinajstić information content (AvgIpc) is 1.37. The van der Waals surface area contributed by atoms with Crippen LogP contribution in [0.1, 0.15) is 0 Å². The van der Waals surface area contributed by atoms with Gasteiger partial charge in [-0.2, -0.15) is 0 Å².